The van der Waals surface area contributed by atoms with Crippen molar-refractivity contribution in [3.8, 4) is 0 Å². The molecule has 4 heteroatoms. The van der Waals surface area contributed by atoms with Crippen LogP contribution in [-0.2, 0) is 9.59 Å². The number of rotatable bonds is 7. The monoisotopic (exact) mass is 241 g/mol. The summed E-state index contributed by atoms with van der Waals surface area (Å²) in [6, 6.07) is 0.149. The maximum absolute atomic E-state index is 11.7. The summed E-state index contributed by atoms with van der Waals surface area (Å²) in [6.45, 7) is 6.35. The largest absolute Gasteiger partial charge is 0.481 e. The second-order valence-corrected chi connectivity index (χ2v) is 5.52. The van der Waals surface area contributed by atoms with Gasteiger partial charge in [0.2, 0.25) is 5.91 Å². The molecule has 1 aliphatic rings. The lowest BCUT2D eigenvalue weighted by atomic mass is 10.0. The first-order valence-corrected chi connectivity index (χ1v) is 6.45. The lowest BCUT2D eigenvalue weighted by Gasteiger charge is -2.14. The van der Waals surface area contributed by atoms with Crippen molar-refractivity contribution in [1.29, 1.82) is 0 Å². The highest BCUT2D eigenvalue weighted by Crippen LogP contribution is 2.38. The van der Waals surface area contributed by atoms with Crippen molar-refractivity contribution >= 4 is 11.9 Å². The molecule has 98 valence electrons. The molecule has 3 unspecified atom stereocenters. The standard InChI is InChI=1S/C13H23NO3/c1-8(2)5-4-6-9(3)14-12(15)10-7-11(10)13(16)17/h8-11H,4-7H2,1-3H3,(H,14,15)(H,16,17). The van der Waals surface area contributed by atoms with Crippen LogP contribution in [0.2, 0.25) is 0 Å². The van der Waals surface area contributed by atoms with Crippen molar-refractivity contribution in [3.63, 3.8) is 0 Å². The van der Waals surface area contributed by atoms with Gasteiger partial charge in [-0.1, -0.05) is 26.7 Å². The fraction of sp³-hybridized carbons (Fsp3) is 0.846. The van der Waals surface area contributed by atoms with Crippen molar-refractivity contribution in [2.45, 2.75) is 52.5 Å². The van der Waals surface area contributed by atoms with E-state index in [4.69, 9.17) is 5.11 Å². The number of hydrogen-bond donors (Lipinski definition) is 2. The quantitative estimate of drug-likeness (QED) is 0.716. The summed E-state index contributed by atoms with van der Waals surface area (Å²) < 4.78 is 0. The summed E-state index contributed by atoms with van der Waals surface area (Å²) in [4.78, 5) is 22.3. The van der Waals surface area contributed by atoms with Crippen molar-refractivity contribution in [2.75, 3.05) is 0 Å². The van der Waals surface area contributed by atoms with Gasteiger partial charge >= 0.3 is 5.97 Å². The van der Waals surface area contributed by atoms with Crippen molar-refractivity contribution in [3.05, 3.63) is 0 Å². The molecule has 0 aromatic heterocycles. The fourth-order valence-electron chi connectivity index (χ4n) is 2.01. The number of nitrogens with one attached hydrogen (secondary N) is 1. The Morgan fingerprint density at radius 2 is 1.88 bits per heavy atom. The zero-order chi connectivity index (χ0) is 13.0. The smallest absolute Gasteiger partial charge is 0.307 e. The van der Waals surface area contributed by atoms with Crippen LogP contribution in [0.25, 0.3) is 0 Å². The summed E-state index contributed by atoms with van der Waals surface area (Å²) in [7, 11) is 0. The van der Waals surface area contributed by atoms with Gasteiger partial charge < -0.3 is 10.4 Å². The van der Waals surface area contributed by atoms with E-state index in [1.54, 1.807) is 0 Å². The third kappa shape index (κ3) is 4.75. The Morgan fingerprint density at radius 3 is 2.35 bits per heavy atom. The molecule has 0 aliphatic heterocycles. The summed E-state index contributed by atoms with van der Waals surface area (Å²) in [5.74, 6) is -0.984. The molecular weight excluding hydrogens is 218 g/mol. The van der Waals surface area contributed by atoms with E-state index < -0.39 is 11.9 Å². The van der Waals surface area contributed by atoms with Crippen LogP contribution in [0.4, 0.5) is 0 Å². The Morgan fingerprint density at radius 1 is 1.24 bits per heavy atom. The predicted octanol–water partition coefficient (Wildman–Crippen LogP) is 2.04. The molecule has 4 nitrogen and oxygen atoms in total. The zero-order valence-electron chi connectivity index (χ0n) is 10.9. The van der Waals surface area contributed by atoms with Gasteiger partial charge in [0.05, 0.1) is 11.8 Å². The topological polar surface area (TPSA) is 66.4 Å². The minimum absolute atomic E-state index is 0.0885. The van der Waals surface area contributed by atoms with E-state index in [9.17, 15) is 9.59 Å². The fourth-order valence-corrected chi connectivity index (χ4v) is 2.01. The zero-order valence-corrected chi connectivity index (χ0v) is 10.9. The van der Waals surface area contributed by atoms with Crippen LogP contribution < -0.4 is 5.32 Å². The highest BCUT2D eigenvalue weighted by molar-refractivity contribution is 5.89. The van der Waals surface area contributed by atoms with E-state index in [1.807, 2.05) is 6.92 Å². The van der Waals surface area contributed by atoms with Crippen LogP contribution in [-0.4, -0.2) is 23.0 Å². The molecule has 1 fully saturated rings. The average Bonchev–Trinajstić information content (AvgIpc) is 2.95. The number of carboxylic acids is 1. The van der Waals surface area contributed by atoms with E-state index in [1.165, 1.54) is 6.42 Å². The van der Waals surface area contributed by atoms with Gasteiger partial charge in [-0.05, 0) is 25.7 Å². The number of amides is 1. The lowest BCUT2D eigenvalue weighted by Crippen LogP contribution is -2.34. The normalized spacial score (nSPS) is 24.5. The van der Waals surface area contributed by atoms with E-state index in [0.717, 1.165) is 12.8 Å². The molecule has 1 aliphatic carbocycles. The van der Waals surface area contributed by atoms with Crippen LogP contribution in [0.3, 0.4) is 0 Å². The Kier molecular flexibility index (Phi) is 4.97. The highest BCUT2D eigenvalue weighted by atomic mass is 16.4. The second-order valence-electron chi connectivity index (χ2n) is 5.52. The molecule has 0 bridgehead atoms. The van der Waals surface area contributed by atoms with Gasteiger partial charge in [0.25, 0.3) is 0 Å². The summed E-state index contributed by atoms with van der Waals surface area (Å²) in [5.41, 5.74) is 0. The van der Waals surface area contributed by atoms with E-state index in [0.29, 0.717) is 12.3 Å². The summed E-state index contributed by atoms with van der Waals surface area (Å²) >= 11 is 0. The molecule has 1 rings (SSSR count). The molecule has 0 aromatic carbocycles. The van der Waals surface area contributed by atoms with E-state index in [2.05, 4.69) is 19.2 Å². The van der Waals surface area contributed by atoms with Crippen molar-refractivity contribution < 1.29 is 14.7 Å². The first-order chi connectivity index (χ1) is 7.91. The molecule has 0 spiro atoms. The van der Waals surface area contributed by atoms with Crippen molar-refractivity contribution in [2.24, 2.45) is 17.8 Å². The molecule has 3 atom stereocenters. The van der Waals surface area contributed by atoms with E-state index in [-0.39, 0.29) is 17.9 Å². The van der Waals surface area contributed by atoms with Gasteiger partial charge in [-0.3, -0.25) is 9.59 Å². The molecule has 0 saturated heterocycles. The summed E-state index contributed by atoms with van der Waals surface area (Å²) in [6.07, 6.45) is 3.74. The second kappa shape index (κ2) is 6.03. The molecule has 17 heavy (non-hydrogen) atoms. The highest BCUT2D eigenvalue weighted by Gasteiger charge is 2.48. The summed E-state index contributed by atoms with van der Waals surface area (Å²) in [5, 5.41) is 11.6. The van der Waals surface area contributed by atoms with Crippen LogP contribution in [0.5, 0.6) is 0 Å². The maximum Gasteiger partial charge on any atom is 0.307 e. The molecule has 2 N–H and O–H groups in total. The minimum atomic E-state index is -0.849. The third-order valence-corrected chi connectivity index (χ3v) is 3.25. The Balaban J connectivity index is 2.16. The van der Waals surface area contributed by atoms with Crippen LogP contribution >= 0.6 is 0 Å². The SMILES string of the molecule is CC(C)CCCC(C)NC(=O)C1CC1C(=O)O. The van der Waals surface area contributed by atoms with Crippen LogP contribution in [0, 0.1) is 17.8 Å². The number of carbonyl (C=O) groups is 2. The minimum Gasteiger partial charge on any atom is -0.481 e. The Labute approximate surface area is 103 Å². The Hall–Kier alpha value is -1.06. The molecule has 0 aromatic rings. The predicted molar refractivity (Wildman–Crippen MR) is 65.5 cm³/mol. The van der Waals surface area contributed by atoms with Gasteiger partial charge in [-0.25, -0.2) is 0 Å². The molecule has 1 saturated carbocycles. The molecule has 0 heterocycles. The number of aliphatic carboxylic acids is 1. The van der Waals surface area contributed by atoms with E-state index >= 15 is 0 Å². The molecular formula is C13H23NO3. The average molecular weight is 241 g/mol. The van der Waals surface area contributed by atoms with Gasteiger partial charge in [0, 0.05) is 6.04 Å². The third-order valence-electron chi connectivity index (χ3n) is 3.25. The van der Waals surface area contributed by atoms with Gasteiger partial charge in [-0.2, -0.15) is 0 Å². The number of carboxylic acid groups (broad SMARTS) is 1. The lowest BCUT2D eigenvalue weighted by molar-refractivity contribution is -0.140. The number of carbonyl (C=O) groups excluding carboxylic acids is 1. The molecule has 0 radical (unpaired) electrons. The first kappa shape index (κ1) is 14.0. The van der Waals surface area contributed by atoms with Gasteiger partial charge in [-0.15, -0.1) is 0 Å². The van der Waals surface area contributed by atoms with Crippen LogP contribution in [0.1, 0.15) is 46.5 Å². The Bertz CT molecular complexity index is 288. The first-order valence-electron chi connectivity index (χ1n) is 6.45. The maximum atomic E-state index is 11.7. The van der Waals surface area contributed by atoms with Gasteiger partial charge in [0.15, 0.2) is 0 Å². The van der Waals surface area contributed by atoms with Crippen LogP contribution in [0.15, 0.2) is 0 Å². The van der Waals surface area contributed by atoms with Gasteiger partial charge in [0.1, 0.15) is 0 Å². The van der Waals surface area contributed by atoms with Crippen molar-refractivity contribution in [1.82, 2.24) is 5.32 Å². The number of hydrogen-bond acceptors (Lipinski definition) is 2. The molecule has 1 amide bonds.